The lowest BCUT2D eigenvalue weighted by Gasteiger charge is -2.43. The minimum absolute atomic E-state index is 0.0236. The maximum Gasteiger partial charge on any atom is 0.261 e. The minimum Gasteiger partial charge on any atom is -0.405 e. The number of carbonyl (C=O) groups excluding carboxylic acids is 2. The molecule has 1 aliphatic rings. The Morgan fingerprint density at radius 2 is 1.68 bits per heavy atom. The van der Waals surface area contributed by atoms with Crippen LogP contribution >= 0.6 is 0 Å². The van der Waals surface area contributed by atoms with Crippen LogP contribution in [0.25, 0.3) is 0 Å². The zero-order chi connectivity index (χ0) is 24.8. The van der Waals surface area contributed by atoms with Crippen molar-refractivity contribution in [2.75, 3.05) is 6.61 Å². The van der Waals surface area contributed by atoms with Crippen molar-refractivity contribution in [3.63, 3.8) is 0 Å². The number of rotatable bonds is 10. The van der Waals surface area contributed by atoms with Gasteiger partial charge in [0.1, 0.15) is 12.5 Å². The van der Waals surface area contributed by atoms with E-state index in [1.807, 2.05) is 12.1 Å². The Kier molecular flexibility index (Phi) is 8.46. The summed E-state index contributed by atoms with van der Waals surface area (Å²) in [5.74, 6) is -0.461. The number of hydrogen-bond acceptors (Lipinski definition) is 5. The number of carbonyl (C=O) groups is 2. The smallest absolute Gasteiger partial charge is 0.261 e. The first-order chi connectivity index (χ1) is 16.2. The Balaban J connectivity index is 1.90. The number of nitrogens with two attached hydrogens (primary N) is 1. The first-order valence-corrected chi connectivity index (χ1v) is 13.7. The average Bonchev–Trinajstić information content (AvgIpc) is 3.20. The van der Waals surface area contributed by atoms with E-state index < -0.39 is 14.2 Å². The van der Waals surface area contributed by atoms with Crippen LogP contribution in [0.5, 0.6) is 0 Å². The molecule has 6 nitrogen and oxygen atoms in total. The molecule has 1 heterocycles. The van der Waals surface area contributed by atoms with Gasteiger partial charge in [0.25, 0.3) is 8.32 Å². The SMILES string of the molecule is C/C(=C/N[C@H]1C[C@H](CC=O)[C@@H](CO[Si](c2ccccc2)(c2ccccc2)C(C)(C)C)O1)C(N)=O. The molecule has 3 rings (SSSR count). The van der Waals surface area contributed by atoms with Crippen LogP contribution in [0.15, 0.2) is 72.4 Å². The lowest BCUT2D eigenvalue weighted by atomic mass is 9.98. The predicted molar refractivity (Wildman–Crippen MR) is 137 cm³/mol. The van der Waals surface area contributed by atoms with Crippen LogP contribution in [0.4, 0.5) is 0 Å². The number of primary amides is 1. The van der Waals surface area contributed by atoms with Gasteiger partial charge in [-0.15, -0.1) is 0 Å². The molecule has 0 aliphatic carbocycles. The summed E-state index contributed by atoms with van der Waals surface area (Å²) in [5, 5.41) is 5.39. The standard InChI is InChI=1S/C27H36N2O4Si/c1-20(26(28)31)18-29-25-17-21(15-16-30)24(33-25)19-32-34(27(2,3)4,22-11-7-5-8-12-22)23-13-9-6-10-14-23/h5-14,16,18,21,24-25,29H,15,17,19H2,1-4H3,(H2,28,31)/b20-18-/t21-,24+,25+/m0/s1. The van der Waals surface area contributed by atoms with Gasteiger partial charge in [-0.3, -0.25) is 4.79 Å². The van der Waals surface area contributed by atoms with E-state index in [2.05, 4.69) is 74.6 Å². The highest BCUT2D eigenvalue weighted by atomic mass is 28.4. The zero-order valence-electron chi connectivity index (χ0n) is 20.5. The van der Waals surface area contributed by atoms with Gasteiger partial charge in [-0.25, -0.2) is 0 Å². The lowest BCUT2D eigenvalue weighted by molar-refractivity contribution is -0.114. The van der Waals surface area contributed by atoms with Gasteiger partial charge in [-0.05, 0) is 34.7 Å². The van der Waals surface area contributed by atoms with Crippen molar-refractivity contribution in [1.29, 1.82) is 0 Å². The second-order valence-corrected chi connectivity index (χ2v) is 14.2. The van der Waals surface area contributed by atoms with Crippen LogP contribution < -0.4 is 21.4 Å². The molecule has 0 aromatic heterocycles. The van der Waals surface area contributed by atoms with E-state index in [0.29, 0.717) is 25.0 Å². The Morgan fingerprint density at radius 3 is 2.15 bits per heavy atom. The van der Waals surface area contributed by atoms with Crippen LogP contribution in [-0.2, 0) is 18.8 Å². The third kappa shape index (κ3) is 5.66. The summed E-state index contributed by atoms with van der Waals surface area (Å²) in [4.78, 5) is 22.7. The number of hydrogen-bond donors (Lipinski definition) is 2. The van der Waals surface area contributed by atoms with Crippen molar-refractivity contribution in [2.24, 2.45) is 11.7 Å². The molecule has 0 saturated carbocycles. The van der Waals surface area contributed by atoms with E-state index in [1.54, 1.807) is 13.1 Å². The van der Waals surface area contributed by atoms with Gasteiger partial charge in [-0.1, -0.05) is 81.4 Å². The third-order valence-corrected chi connectivity index (χ3v) is 11.5. The number of amides is 1. The molecule has 0 unspecified atom stereocenters. The molecule has 1 fully saturated rings. The van der Waals surface area contributed by atoms with Gasteiger partial charge in [-0.2, -0.15) is 0 Å². The largest absolute Gasteiger partial charge is 0.405 e. The minimum atomic E-state index is -2.70. The van der Waals surface area contributed by atoms with E-state index in [9.17, 15) is 9.59 Å². The summed E-state index contributed by atoms with van der Waals surface area (Å²) in [5.41, 5.74) is 5.74. The Labute approximate surface area is 203 Å². The molecule has 1 amide bonds. The van der Waals surface area contributed by atoms with E-state index in [1.165, 1.54) is 10.4 Å². The molecule has 1 saturated heterocycles. The lowest BCUT2D eigenvalue weighted by Crippen LogP contribution is -2.67. The third-order valence-electron chi connectivity index (χ3n) is 6.54. The van der Waals surface area contributed by atoms with Crippen LogP contribution in [0.3, 0.4) is 0 Å². The van der Waals surface area contributed by atoms with Crippen LogP contribution in [0.1, 0.15) is 40.5 Å². The van der Waals surface area contributed by atoms with Gasteiger partial charge in [0.2, 0.25) is 5.91 Å². The summed E-state index contributed by atoms with van der Waals surface area (Å²) in [6.45, 7) is 8.73. The highest BCUT2D eigenvalue weighted by molar-refractivity contribution is 6.99. The molecule has 3 atom stereocenters. The Bertz CT molecular complexity index is 949. The molecule has 7 heteroatoms. The fraction of sp³-hybridized carbons (Fsp3) is 0.407. The normalized spacial score (nSPS) is 21.3. The Morgan fingerprint density at radius 1 is 1.12 bits per heavy atom. The highest BCUT2D eigenvalue weighted by Crippen LogP contribution is 2.38. The zero-order valence-corrected chi connectivity index (χ0v) is 21.5. The number of ether oxygens (including phenoxy) is 1. The van der Waals surface area contributed by atoms with Crippen molar-refractivity contribution in [1.82, 2.24) is 5.32 Å². The summed E-state index contributed by atoms with van der Waals surface area (Å²) >= 11 is 0. The summed E-state index contributed by atoms with van der Waals surface area (Å²) in [6, 6.07) is 20.9. The molecular weight excluding hydrogens is 444 g/mol. The van der Waals surface area contributed by atoms with Crippen LogP contribution in [0.2, 0.25) is 5.04 Å². The Hall–Kier alpha value is -2.74. The molecular formula is C27H36N2O4Si. The monoisotopic (exact) mass is 480 g/mol. The second kappa shape index (κ2) is 11.1. The first kappa shape index (κ1) is 25.9. The predicted octanol–water partition coefficient (Wildman–Crippen LogP) is 2.86. The van der Waals surface area contributed by atoms with E-state index in [0.717, 1.165) is 6.29 Å². The number of nitrogens with one attached hydrogen (secondary N) is 1. The van der Waals surface area contributed by atoms with Gasteiger partial charge in [0.15, 0.2) is 0 Å². The topological polar surface area (TPSA) is 90.7 Å². The van der Waals surface area contributed by atoms with Crippen LogP contribution in [0, 0.1) is 5.92 Å². The van der Waals surface area contributed by atoms with Gasteiger partial charge >= 0.3 is 0 Å². The van der Waals surface area contributed by atoms with Crippen molar-refractivity contribution in [3.8, 4) is 0 Å². The van der Waals surface area contributed by atoms with Crippen molar-refractivity contribution >= 4 is 30.9 Å². The van der Waals surface area contributed by atoms with E-state index >= 15 is 0 Å². The molecule has 34 heavy (non-hydrogen) atoms. The summed E-state index contributed by atoms with van der Waals surface area (Å²) in [6.07, 6.45) is 3.01. The molecule has 0 radical (unpaired) electrons. The molecule has 2 aromatic rings. The maximum atomic E-state index is 11.4. The van der Waals surface area contributed by atoms with Gasteiger partial charge < -0.3 is 25.0 Å². The first-order valence-electron chi connectivity index (χ1n) is 11.8. The fourth-order valence-electron chi connectivity index (χ4n) is 4.72. The second-order valence-electron chi connectivity index (χ2n) is 9.89. The summed E-state index contributed by atoms with van der Waals surface area (Å²) < 4.78 is 13.3. The molecule has 182 valence electrons. The van der Waals surface area contributed by atoms with Gasteiger partial charge in [0.05, 0.1) is 12.7 Å². The quantitative estimate of drug-likeness (QED) is 0.310. The molecule has 3 N–H and O–H groups in total. The number of benzene rings is 2. The van der Waals surface area contributed by atoms with E-state index in [4.69, 9.17) is 14.9 Å². The van der Waals surface area contributed by atoms with Crippen LogP contribution in [-0.4, -0.2) is 39.4 Å². The molecule has 0 bridgehead atoms. The summed E-state index contributed by atoms with van der Waals surface area (Å²) in [7, 11) is -2.70. The van der Waals surface area contributed by atoms with Crippen molar-refractivity contribution < 1.29 is 18.8 Å². The van der Waals surface area contributed by atoms with Gasteiger partial charge in [0, 0.05) is 18.2 Å². The molecule has 2 aromatic carbocycles. The molecule has 0 spiro atoms. The van der Waals surface area contributed by atoms with E-state index in [-0.39, 0.29) is 23.3 Å². The number of aldehydes is 1. The average molecular weight is 481 g/mol. The molecule has 1 aliphatic heterocycles. The fourth-order valence-corrected chi connectivity index (χ4v) is 9.29. The maximum absolute atomic E-state index is 11.4. The van der Waals surface area contributed by atoms with Crippen molar-refractivity contribution in [2.45, 2.75) is 57.9 Å². The van der Waals surface area contributed by atoms with Crippen molar-refractivity contribution in [3.05, 3.63) is 72.4 Å². The highest BCUT2D eigenvalue weighted by Gasteiger charge is 2.51.